The summed E-state index contributed by atoms with van der Waals surface area (Å²) in [5.74, 6) is -1.04. The lowest BCUT2D eigenvalue weighted by atomic mass is 10.1. The maximum absolute atomic E-state index is 12.6. The Morgan fingerprint density at radius 3 is 1.32 bits per heavy atom. The van der Waals surface area contributed by atoms with Gasteiger partial charge in [0.2, 0.25) is 0 Å². The first kappa shape index (κ1) is 49.3. The molecule has 0 aliphatic rings. The van der Waals surface area contributed by atoms with Crippen LogP contribution in [0.3, 0.4) is 0 Å². The second-order valence-corrected chi connectivity index (χ2v) is 13.3. The lowest BCUT2D eigenvalue weighted by Crippen LogP contribution is -2.30. The first-order valence-electron chi connectivity index (χ1n) is 20.8. The highest BCUT2D eigenvalue weighted by atomic mass is 16.6. The molecule has 0 fully saturated rings. The van der Waals surface area contributed by atoms with Crippen molar-refractivity contribution in [3.05, 3.63) is 97.2 Å². The van der Waals surface area contributed by atoms with E-state index in [1.165, 1.54) is 38.5 Å². The summed E-state index contributed by atoms with van der Waals surface area (Å²) in [6.07, 6.45) is 52.6. The number of rotatable bonds is 35. The number of carbonyl (C=O) groups is 3. The highest BCUT2D eigenvalue weighted by molar-refractivity contribution is 5.71. The molecule has 0 saturated carbocycles. The van der Waals surface area contributed by atoms with E-state index in [2.05, 4.69) is 69.4 Å². The highest BCUT2D eigenvalue weighted by Crippen LogP contribution is 2.10. The molecule has 0 radical (unpaired) electrons. The third kappa shape index (κ3) is 39.4. The summed E-state index contributed by atoms with van der Waals surface area (Å²) in [7, 11) is 0. The topological polar surface area (TPSA) is 78.9 Å². The van der Waals surface area contributed by atoms with Crippen LogP contribution >= 0.6 is 0 Å². The number of hydrogen-bond acceptors (Lipinski definition) is 6. The Hall–Kier alpha value is -3.67. The Morgan fingerprint density at radius 2 is 0.792 bits per heavy atom. The van der Waals surface area contributed by atoms with Crippen LogP contribution in [-0.4, -0.2) is 37.2 Å². The fourth-order valence-corrected chi connectivity index (χ4v) is 5.03. The molecule has 0 N–H and O–H groups in total. The van der Waals surface area contributed by atoms with E-state index in [4.69, 9.17) is 14.2 Å². The molecular weight excluding hydrogens is 661 g/mol. The van der Waals surface area contributed by atoms with Crippen molar-refractivity contribution in [1.29, 1.82) is 0 Å². The van der Waals surface area contributed by atoms with Crippen molar-refractivity contribution >= 4 is 17.9 Å². The summed E-state index contributed by atoms with van der Waals surface area (Å²) in [6, 6.07) is 0. The summed E-state index contributed by atoms with van der Waals surface area (Å²) in [4.78, 5) is 37.5. The van der Waals surface area contributed by atoms with Gasteiger partial charge in [-0.25, -0.2) is 0 Å². The number of allylic oxidation sites excluding steroid dienone is 16. The number of hydrogen-bond donors (Lipinski definition) is 0. The van der Waals surface area contributed by atoms with Crippen LogP contribution in [0.5, 0.6) is 0 Å². The Morgan fingerprint density at radius 1 is 0.396 bits per heavy atom. The monoisotopic (exact) mass is 735 g/mol. The van der Waals surface area contributed by atoms with E-state index in [0.717, 1.165) is 77.0 Å². The maximum atomic E-state index is 12.6. The van der Waals surface area contributed by atoms with Gasteiger partial charge in [0, 0.05) is 19.3 Å². The minimum absolute atomic E-state index is 0.120. The van der Waals surface area contributed by atoms with Gasteiger partial charge in [-0.3, -0.25) is 14.4 Å². The Bertz CT molecular complexity index is 1120. The van der Waals surface area contributed by atoms with E-state index < -0.39 is 6.10 Å². The highest BCUT2D eigenvalue weighted by Gasteiger charge is 2.19. The molecule has 0 heterocycles. The van der Waals surface area contributed by atoms with Crippen molar-refractivity contribution in [2.45, 2.75) is 168 Å². The van der Waals surface area contributed by atoms with Crippen LogP contribution in [0, 0.1) is 0 Å². The van der Waals surface area contributed by atoms with Crippen LogP contribution in [0.15, 0.2) is 97.2 Å². The van der Waals surface area contributed by atoms with E-state index in [9.17, 15) is 14.4 Å². The molecule has 0 spiro atoms. The molecule has 6 nitrogen and oxygen atoms in total. The van der Waals surface area contributed by atoms with Crippen molar-refractivity contribution in [1.82, 2.24) is 0 Å². The van der Waals surface area contributed by atoms with Gasteiger partial charge in [-0.1, -0.05) is 163 Å². The summed E-state index contributed by atoms with van der Waals surface area (Å²) in [5.41, 5.74) is 0. The molecule has 0 saturated heterocycles. The van der Waals surface area contributed by atoms with Crippen LogP contribution in [0.25, 0.3) is 0 Å². The molecule has 1 unspecified atom stereocenters. The molecule has 0 bridgehead atoms. The Labute approximate surface area is 324 Å². The van der Waals surface area contributed by atoms with Gasteiger partial charge in [0.1, 0.15) is 13.2 Å². The Kier molecular flexibility index (Phi) is 38.2. The van der Waals surface area contributed by atoms with Crippen LogP contribution in [0.1, 0.15) is 162 Å². The molecule has 0 aromatic carbocycles. The first-order chi connectivity index (χ1) is 26.0. The smallest absolute Gasteiger partial charge is 0.306 e. The lowest BCUT2D eigenvalue weighted by Gasteiger charge is -2.18. The third-order valence-corrected chi connectivity index (χ3v) is 8.20. The molecule has 0 amide bonds. The van der Waals surface area contributed by atoms with Crippen LogP contribution < -0.4 is 0 Å². The summed E-state index contributed by atoms with van der Waals surface area (Å²) >= 11 is 0. The molecule has 298 valence electrons. The predicted molar refractivity (Wildman–Crippen MR) is 224 cm³/mol. The van der Waals surface area contributed by atoms with Crippen molar-refractivity contribution < 1.29 is 28.6 Å². The fraction of sp³-hybridized carbons (Fsp3) is 0.596. The molecule has 1 atom stereocenters. The number of esters is 3. The minimum Gasteiger partial charge on any atom is -0.462 e. The van der Waals surface area contributed by atoms with E-state index in [-0.39, 0.29) is 37.5 Å². The molecule has 0 aromatic heterocycles. The third-order valence-electron chi connectivity index (χ3n) is 8.20. The molecule has 53 heavy (non-hydrogen) atoms. The van der Waals surface area contributed by atoms with Crippen molar-refractivity contribution in [2.75, 3.05) is 13.2 Å². The summed E-state index contributed by atoms with van der Waals surface area (Å²) in [5, 5.41) is 0. The normalized spacial score (nSPS) is 13.0. The lowest BCUT2D eigenvalue weighted by molar-refractivity contribution is -0.167. The van der Waals surface area contributed by atoms with Gasteiger partial charge >= 0.3 is 17.9 Å². The van der Waals surface area contributed by atoms with Gasteiger partial charge in [-0.15, -0.1) is 0 Å². The van der Waals surface area contributed by atoms with E-state index in [1.807, 2.05) is 48.6 Å². The molecule has 0 rings (SSSR count). The van der Waals surface area contributed by atoms with Crippen molar-refractivity contribution in [2.24, 2.45) is 0 Å². The standard InChI is InChI=1S/C47H74O6/c1-4-7-10-13-16-19-21-22-23-24-26-28-31-34-37-40-46(49)52-43-44(42-51-45(48)39-36-33-30-27-18-15-12-9-6-3)53-47(50)41-38-35-32-29-25-20-17-14-11-8-5-2/h7,10,13-14,16-17,19-27,30,44H,4-6,8-9,11-12,15,18,28-29,31-43H2,1-3H3/b10-7-,16-13-,17-14-,21-19-,23-22-,25-20-,26-24-,30-27-. The van der Waals surface area contributed by atoms with Crippen LogP contribution in [0.4, 0.5) is 0 Å². The van der Waals surface area contributed by atoms with Gasteiger partial charge in [0.15, 0.2) is 6.10 Å². The van der Waals surface area contributed by atoms with Crippen molar-refractivity contribution in [3.8, 4) is 0 Å². The number of carbonyl (C=O) groups excluding carboxylic acids is 3. The van der Waals surface area contributed by atoms with Crippen molar-refractivity contribution in [3.63, 3.8) is 0 Å². The number of unbranched alkanes of at least 4 members (excludes halogenated alkanes) is 13. The van der Waals surface area contributed by atoms with Crippen LogP contribution in [0.2, 0.25) is 0 Å². The van der Waals surface area contributed by atoms with E-state index in [1.54, 1.807) is 0 Å². The van der Waals surface area contributed by atoms with E-state index in [0.29, 0.717) is 19.3 Å². The van der Waals surface area contributed by atoms with E-state index >= 15 is 0 Å². The zero-order chi connectivity index (χ0) is 38.7. The quantitative estimate of drug-likeness (QED) is 0.0212. The molecular formula is C47H74O6. The largest absolute Gasteiger partial charge is 0.462 e. The molecule has 0 aromatic rings. The average molecular weight is 735 g/mol. The molecule has 0 aliphatic carbocycles. The first-order valence-corrected chi connectivity index (χ1v) is 20.8. The fourth-order valence-electron chi connectivity index (χ4n) is 5.03. The zero-order valence-electron chi connectivity index (χ0n) is 33.7. The molecule has 6 heteroatoms. The van der Waals surface area contributed by atoms with Gasteiger partial charge in [-0.05, 0) is 77.0 Å². The minimum atomic E-state index is -0.817. The van der Waals surface area contributed by atoms with Gasteiger partial charge in [-0.2, -0.15) is 0 Å². The van der Waals surface area contributed by atoms with Crippen LogP contribution in [-0.2, 0) is 28.6 Å². The second kappa shape index (κ2) is 41.1. The predicted octanol–water partition coefficient (Wildman–Crippen LogP) is 13.1. The van der Waals surface area contributed by atoms with Gasteiger partial charge in [0.25, 0.3) is 0 Å². The summed E-state index contributed by atoms with van der Waals surface area (Å²) in [6.45, 7) is 6.27. The second-order valence-electron chi connectivity index (χ2n) is 13.3. The summed E-state index contributed by atoms with van der Waals surface area (Å²) < 4.78 is 16.5. The average Bonchev–Trinajstić information content (AvgIpc) is 3.15. The van der Waals surface area contributed by atoms with Gasteiger partial charge in [0.05, 0.1) is 0 Å². The number of ether oxygens (including phenoxy) is 3. The zero-order valence-corrected chi connectivity index (χ0v) is 33.7. The Balaban J connectivity index is 4.55. The van der Waals surface area contributed by atoms with Gasteiger partial charge < -0.3 is 14.2 Å². The maximum Gasteiger partial charge on any atom is 0.306 e. The SMILES string of the molecule is CC\C=C/C=C\C=C/C=C\C=C/CCCCCC(=O)OCC(COC(=O)CCC/C=C\CCCCCC)OC(=O)CCCCC/C=C\C=C/CCCC. The molecule has 0 aliphatic heterocycles.